The molecule has 7 nitrogen and oxygen atoms in total. The molecular formula is C19H29NO6S. The summed E-state index contributed by atoms with van der Waals surface area (Å²) in [4.78, 5) is 14.0. The normalized spacial score (nSPS) is 19.9. The lowest BCUT2D eigenvalue weighted by Gasteiger charge is -2.31. The van der Waals surface area contributed by atoms with Gasteiger partial charge in [0, 0.05) is 6.42 Å². The first kappa shape index (κ1) is 21.7. The number of hydrogen-bond acceptors (Lipinski definition) is 6. The first-order valence-corrected chi connectivity index (χ1v) is 10.4. The second kappa shape index (κ2) is 7.77. The molecule has 0 bridgehead atoms. The van der Waals surface area contributed by atoms with Crippen molar-refractivity contribution >= 4 is 16.2 Å². The molecule has 0 N–H and O–H groups in total. The van der Waals surface area contributed by atoms with Crippen LogP contribution in [-0.2, 0) is 23.8 Å². The van der Waals surface area contributed by atoms with Gasteiger partial charge in [0.15, 0.2) is 0 Å². The van der Waals surface area contributed by atoms with Crippen LogP contribution in [0.5, 0.6) is 0 Å². The van der Waals surface area contributed by atoms with Gasteiger partial charge in [0.1, 0.15) is 11.3 Å². The lowest BCUT2D eigenvalue weighted by atomic mass is 10.2. The number of carbonyl (C=O) groups excluding carboxylic acids is 1. The van der Waals surface area contributed by atoms with Crippen LogP contribution in [0.15, 0.2) is 29.2 Å². The van der Waals surface area contributed by atoms with Crippen LogP contribution in [-0.4, -0.2) is 50.0 Å². The van der Waals surface area contributed by atoms with E-state index in [4.69, 9.17) is 13.7 Å². The Morgan fingerprint density at radius 2 is 1.85 bits per heavy atom. The van der Waals surface area contributed by atoms with E-state index in [1.165, 1.54) is 17.0 Å². The predicted molar refractivity (Wildman–Crippen MR) is 101 cm³/mol. The molecule has 1 saturated heterocycles. The summed E-state index contributed by atoms with van der Waals surface area (Å²) in [5, 5.41) is 0. The summed E-state index contributed by atoms with van der Waals surface area (Å²) in [6, 6.07) is 6.48. The largest absolute Gasteiger partial charge is 0.444 e. The zero-order valence-electron chi connectivity index (χ0n) is 16.8. The molecule has 8 heteroatoms. The molecule has 2 rings (SSSR count). The van der Waals surface area contributed by atoms with Crippen LogP contribution in [0.4, 0.5) is 4.79 Å². The third kappa shape index (κ3) is 5.92. The lowest BCUT2D eigenvalue weighted by Crippen LogP contribution is -2.46. The molecule has 1 amide bonds. The van der Waals surface area contributed by atoms with Crippen molar-refractivity contribution in [2.75, 3.05) is 13.2 Å². The van der Waals surface area contributed by atoms with Crippen molar-refractivity contribution < 1.29 is 26.9 Å². The molecule has 0 unspecified atom stereocenters. The molecular weight excluding hydrogens is 370 g/mol. The summed E-state index contributed by atoms with van der Waals surface area (Å²) in [5.74, 6) is 0. The molecule has 1 aliphatic heterocycles. The number of benzene rings is 1. The van der Waals surface area contributed by atoms with Gasteiger partial charge in [0.05, 0.1) is 24.2 Å². The zero-order valence-corrected chi connectivity index (χ0v) is 17.6. The maximum Gasteiger partial charge on any atom is 0.412 e. The van der Waals surface area contributed by atoms with Crippen molar-refractivity contribution in [3.63, 3.8) is 0 Å². The second-order valence-corrected chi connectivity index (χ2v) is 9.77. The van der Waals surface area contributed by atoms with E-state index in [-0.39, 0.29) is 17.6 Å². The van der Waals surface area contributed by atoms with Crippen LogP contribution < -0.4 is 0 Å². The molecule has 1 aromatic carbocycles. The van der Waals surface area contributed by atoms with Gasteiger partial charge in [-0.15, -0.1) is 0 Å². The van der Waals surface area contributed by atoms with Crippen LogP contribution in [0.25, 0.3) is 0 Å². The summed E-state index contributed by atoms with van der Waals surface area (Å²) < 4.78 is 40.9. The molecule has 1 fully saturated rings. The minimum atomic E-state index is -3.81. The predicted octanol–water partition coefficient (Wildman–Crippen LogP) is 3.46. The fourth-order valence-corrected chi connectivity index (χ4v) is 3.68. The molecule has 1 aliphatic rings. The number of aryl methyl sites for hydroxylation is 1. The van der Waals surface area contributed by atoms with Gasteiger partial charge in [-0.25, -0.2) is 4.79 Å². The molecule has 0 aromatic heterocycles. The van der Waals surface area contributed by atoms with Gasteiger partial charge < -0.3 is 9.47 Å². The quantitative estimate of drug-likeness (QED) is 0.705. The summed E-state index contributed by atoms with van der Waals surface area (Å²) in [5.41, 5.74) is -0.461. The third-order valence-corrected chi connectivity index (χ3v) is 5.42. The van der Waals surface area contributed by atoms with E-state index in [0.717, 1.165) is 5.56 Å². The van der Waals surface area contributed by atoms with Crippen molar-refractivity contribution in [1.29, 1.82) is 0 Å². The van der Waals surface area contributed by atoms with Gasteiger partial charge in [0.25, 0.3) is 10.1 Å². The number of carbonyl (C=O) groups is 1. The maximum atomic E-state index is 12.4. The van der Waals surface area contributed by atoms with Gasteiger partial charge >= 0.3 is 6.09 Å². The highest BCUT2D eigenvalue weighted by atomic mass is 32.2. The molecule has 1 heterocycles. The average molecular weight is 400 g/mol. The Balaban J connectivity index is 1.91. The standard InChI is InChI=1S/C19H29NO6S/c1-14-7-9-16(10-8-14)27(22,23)24-12-11-15-13-20(19(5,6)25-15)17(21)26-18(2,3)4/h7-10,15H,11-13H2,1-6H3/t15-/m1/s1. The molecule has 0 radical (unpaired) electrons. The number of amides is 1. The van der Waals surface area contributed by atoms with Crippen LogP contribution in [0.2, 0.25) is 0 Å². The average Bonchev–Trinajstić information content (AvgIpc) is 2.80. The Morgan fingerprint density at radius 1 is 1.26 bits per heavy atom. The Kier molecular flexibility index (Phi) is 6.23. The molecule has 27 heavy (non-hydrogen) atoms. The van der Waals surface area contributed by atoms with E-state index in [0.29, 0.717) is 13.0 Å². The zero-order chi connectivity index (χ0) is 20.5. The van der Waals surface area contributed by atoms with E-state index in [1.807, 2.05) is 6.92 Å². The van der Waals surface area contributed by atoms with Gasteiger partial charge in [-0.3, -0.25) is 9.08 Å². The number of hydrogen-bond donors (Lipinski definition) is 0. The number of ether oxygens (including phenoxy) is 2. The molecule has 1 atom stereocenters. The Bertz CT molecular complexity index is 764. The van der Waals surface area contributed by atoms with Crippen LogP contribution in [0.1, 0.15) is 46.6 Å². The minimum Gasteiger partial charge on any atom is -0.444 e. The molecule has 0 aliphatic carbocycles. The smallest absolute Gasteiger partial charge is 0.412 e. The Morgan fingerprint density at radius 3 is 2.41 bits per heavy atom. The van der Waals surface area contributed by atoms with Gasteiger partial charge in [-0.1, -0.05) is 17.7 Å². The van der Waals surface area contributed by atoms with E-state index < -0.39 is 27.5 Å². The third-order valence-electron chi connectivity index (χ3n) is 4.09. The molecule has 1 aromatic rings. The second-order valence-electron chi connectivity index (χ2n) is 8.16. The topological polar surface area (TPSA) is 82.1 Å². The first-order chi connectivity index (χ1) is 12.3. The van der Waals surface area contributed by atoms with E-state index in [1.54, 1.807) is 46.8 Å². The monoisotopic (exact) mass is 399 g/mol. The van der Waals surface area contributed by atoms with Gasteiger partial charge in [0.2, 0.25) is 0 Å². The maximum absolute atomic E-state index is 12.4. The highest BCUT2D eigenvalue weighted by molar-refractivity contribution is 7.86. The summed E-state index contributed by atoms with van der Waals surface area (Å²) in [7, 11) is -3.81. The highest BCUT2D eigenvalue weighted by Gasteiger charge is 2.43. The first-order valence-electron chi connectivity index (χ1n) is 8.95. The van der Waals surface area contributed by atoms with Crippen molar-refractivity contribution in [2.24, 2.45) is 0 Å². The van der Waals surface area contributed by atoms with E-state index in [9.17, 15) is 13.2 Å². The van der Waals surface area contributed by atoms with Gasteiger partial charge in [-0.05, 0) is 53.7 Å². The van der Waals surface area contributed by atoms with Crippen molar-refractivity contribution in [3.8, 4) is 0 Å². The van der Waals surface area contributed by atoms with Crippen LogP contribution in [0, 0.1) is 6.92 Å². The van der Waals surface area contributed by atoms with Crippen LogP contribution in [0.3, 0.4) is 0 Å². The summed E-state index contributed by atoms with van der Waals surface area (Å²) >= 11 is 0. The fraction of sp³-hybridized carbons (Fsp3) is 0.632. The minimum absolute atomic E-state index is 0.0287. The molecule has 0 saturated carbocycles. The van der Waals surface area contributed by atoms with Crippen molar-refractivity contribution in [1.82, 2.24) is 4.90 Å². The Labute approximate surface area is 161 Å². The fourth-order valence-electron chi connectivity index (χ4n) is 2.76. The lowest BCUT2D eigenvalue weighted by molar-refractivity contribution is -0.0804. The molecule has 152 valence electrons. The van der Waals surface area contributed by atoms with Gasteiger partial charge in [-0.2, -0.15) is 8.42 Å². The Hall–Kier alpha value is -1.64. The SMILES string of the molecule is Cc1ccc(S(=O)(=O)OCC[C@@H]2CN(C(=O)OC(C)(C)C)C(C)(C)O2)cc1. The summed E-state index contributed by atoms with van der Waals surface area (Å²) in [6.07, 6.45) is -0.447. The molecule has 0 spiro atoms. The van der Waals surface area contributed by atoms with E-state index in [2.05, 4.69) is 0 Å². The van der Waals surface area contributed by atoms with E-state index >= 15 is 0 Å². The number of nitrogens with zero attached hydrogens (tertiary/aromatic N) is 1. The number of rotatable bonds is 5. The van der Waals surface area contributed by atoms with Crippen molar-refractivity contribution in [2.45, 2.75) is 70.3 Å². The summed E-state index contributed by atoms with van der Waals surface area (Å²) in [6.45, 7) is 11.1. The van der Waals surface area contributed by atoms with Crippen LogP contribution >= 0.6 is 0 Å². The van der Waals surface area contributed by atoms with Crippen molar-refractivity contribution in [3.05, 3.63) is 29.8 Å². The highest BCUT2D eigenvalue weighted by Crippen LogP contribution is 2.30.